The van der Waals surface area contributed by atoms with Crippen LogP contribution >= 0.6 is 0 Å². The fourth-order valence-electron chi connectivity index (χ4n) is 2.30. The van der Waals surface area contributed by atoms with E-state index in [2.05, 4.69) is 5.16 Å². The zero-order chi connectivity index (χ0) is 20.7. The van der Waals surface area contributed by atoms with Crippen molar-refractivity contribution >= 4 is 11.9 Å². The van der Waals surface area contributed by atoms with E-state index in [4.69, 9.17) is 20.4 Å². The molecule has 0 heterocycles. The Kier molecular flexibility index (Phi) is 8.09. The van der Waals surface area contributed by atoms with Crippen molar-refractivity contribution in [2.75, 3.05) is 13.2 Å². The third-order valence-corrected chi connectivity index (χ3v) is 3.46. The maximum absolute atomic E-state index is 12.6. The van der Waals surface area contributed by atoms with Gasteiger partial charge in [-0.3, -0.25) is 0 Å². The van der Waals surface area contributed by atoms with Crippen LogP contribution in [-0.4, -0.2) is 46.4 Å². The van der Waals surface area contributed by atoms with Crippen molar-refractivity contribution in [3.05, 3.63) is 35.4 Å². The first-order chi connectivity index (χ1) is 12.4. The molecule has 0 spiro atoms. The van der Waals surface area contributed by atoms with Gasteiger partial charge in [-0.2, -0.15) is 0 Å². The van der Waals surface area contributed by atoms with Crippen molar-refractivity contribution < 1.29 is 19.5 Å². The molecule has 1 rings (SSSR count). The van der Waals surface area contributed by atoms with Gasteiger partial charge in [-0.25, -0.2) is 4.79 Å². The van der Waals surface area contributed by atoms with E-state index >= 15 is 0 Å². The number of carbonyl (C=O) groups excluding carboxylic acids is 1. The summed E-state index contributed by atoms with van der Waals surface area (Å²) in [6.45, 7) is 12.9. The molecule has 0 fully saturated rings. The zero-order valence-corrected chi connectivity index (χ0v) is 17.3. The Morgan fingerprint density at radius 1 is 1.19 bits per heavy atom. The number of nitrogens with two attached hydrogens (primary N) is 1. The lowest BCUT2D eigenvalue weighted by molar-refractivity contribution is -0.0102. The number of amides is 1. The highest BCUT2D eigenvalue weighted by Gasteiger charge is 2.22. The van der Waals surface area contributed by atoms with Gasteiger partial charge in [-0.1, -0.05) is 23.4 Å². The third-order valence-electron chi connectivity index (χ3n) is 3.46. The third kappa shape index (κ3) is 9.28. The van der Waals surface area contributed by atoms with E-state index < -0.39 is 5.60 Å². The predicted molar refractivity (Wildman–Crippen MR) is 106 cm³/mol. The van der Waals surface area contributed by atoms with Crippen LogP contribution in [0.2, 0.25) is 0 Å². The summed E-state index contributed by atoms with van der Waals surface area (Å²) in [5.74, 6) is 0.0271. The van der Waals surface area contributed by atoms with E-state index in [1.165, 1.54) is 0 Å². The summed E-state index contributed by atoms with van der Waals surface area (Å²) >= 11 is 0. The Hall–Kier alpha value is -2.28. The first-order valence-electron chi connectivity index (χ1n) is 9.10. The molecule has 0 saturated carbocycles. The van der Waals surface area contributed by atoms with Crippen LogP contribution in [0, 0.1) is 0 Å². The smallest absolute Gasteiger partial charge is 0.410 e. The summed E-state index contributed by atoms with van der Waals surface area (Å²) in [7, 11) is 0. The van der Waals surface area contributed by atoms with Gasteiger partial charge < -0.3 is 25.3 Å². The number of carbonyl (C=O) groups is 1. The number of hydrogen-bond donors (Lipinski definition) is 2. The van der Waals surface area contributed by atoms with Gasteiger partial charge in [0.15, 0.2) is 5.84 Å². The lowest BCUT2D eigenvalue weighted by atomic mass is 10.1. The Balaban J connectivity index is 2.86. The van der Waals surface area contributed by atoms with Crippen molar-refractivity contribution in [1.29, 1.82) is 0 Å². The lowest BCUT2D eigenvalue weighted by Crippen LogP contribution is -2.37. The zero-order valence-electron chi connectivity index (χ0n) is 17.3. The number of nitrogens with zero attached hydrogens (tertiary/aromatic N) is 2. The number of rotatable bonds is 7. The molecule has 0 aliphatic rings. The number of hydrogen-bond acceptors (Lipinski definition) is 5. The minimum absolute atomic E-state index is 0.0271. The summed E-state index contributed by atoms with van der Waals surface area (Å²) in [5.41, 5.74) is 6.32. The van der Waals surface area contributed by atoms with E-state index in [0.29, 0.717) is 31.7 Å². The number of amidine groups is 1. The van der Waals surface area contributed by atoms with Gasteiger partial charge in [-0.15, -0.1) is 0 Å². The van der Waals surface area contributed by atoms with Crippen molar-refractivity contribution in [3.63, 3.8) is 0 Å². The monoisotopic (exact) mass is 379 g/mol. The molecule has 27 heavy (non-hydrogen) atoms. The molecule has 0 saturated heterocycles. The highest BCUT2D eigenvalue weighted by atomic mass is 16.6. The number of oxime groups is 1. The van der Waals surface area contributed by atoms with Crippen molar-refractivity contribution in [2.24, 2.45) is 10.9 Å². The van der Waals surface area contributed by atoms with Crippen LogP contribution in [-0.2, 0) is 16.0 Å². The second kappa shape index (κ2) is 9.60. The van der Waals surface area contributed by atoms with Crippen LogP contribution in [0.5, 0.6) is 0 Å². The highest BCUT2D eigenvalue weighted by Crippen LogP contribution is 2.15. The van der Waals surface area contributed by atoms with Gasteiger partial charge in [-0.05, 0) is 59.6 Å². The van der Waals surface area contributed by atoms with Crippen LogP contribution in [0.3, 0.4) is 0 Å². The molecule has 0 radical (unpaired) electrons. The molecule has 7 heteroatoms. The van der Waals surface area contributed by atoms with Gasteiger partial charge >= 0.3 is 6.09 Å². The molecule has 1 aromatic carbocycles. The first-order valence-corrected chi connectivity index (χ1v) is 9.10. The predicted octanol–water partition coefficient (Wildman–Crippen LogP) is 3.72. The maximum atomic E-state index is 12.6. The molecule has 0 aliphatic heterocycles. The Labute approximate surface area is 162 Å². The van der Waals surface area contributed by atoms with Crippen molar-refractivity contribution in [1.82, 2.24) is 4.90 Å². The summed E-state index contributed by atoms with van der Waals surface area (Å²) in [6, 6.07) is 7.22. The van der Waals surface area contributed by atoms with E-state index in [9.17, 15) is 4.79 Å². The maximum Gasteiger partial charge on any atom is 0.410 e. The van der Waals surface area contributed by atoms with E-state index in [1.54, 1.807) is 23.1 Å². The fourth-order valence-corrected chi connectivity index (χ4v) is 2.30. The van der Waals surface area contributed by atoms with Gasteiger partial charge in [0, 0.05) is 25.3 Å². The molecule has 0 unspecified atom stereocenters. The summed E-state index contributed by atoms with van der Waals surface area (Å²) in [6.07, 6.45) is 0.309. The second-order valence-electron chi connectivity index (χ2n) is 8.40. The average molecular weight is 380 g/mol. The van der Waals surface area contributed by atoms with Gasteiger partial charge in [0.1, 0.15) is 5.60 Å². The first kappa shape index (κ1) is 22.8. The minimum Gasteiger partial charge on any atom is -0.444 e. The average Bonchev–Trinajstić information content (AvgIpc) is 2.54. The van der Waals surface area contributed by atoms with Crippen molar-refractivity contribution in [3.8, 4) is 0 Å². The Morgan fingerprint density at radius 2 is 1.85 bits per heavy atom. The van der Waals surface area contributed by atoms with E-state index in [-0.39, 0.29) is 17.5 Å². The number of benzene rings is 1. The molecular formula is C20H33N3O4. The molecule has 0 aliphatic carbocycles. The van der Waals surface area contributed by atoms with E-state index in [0.717, 1.165) is 5.56 Å². The molecule has 0 aromatic heterocycles. The SMILES string of the molecule is CC(C)(C)OCCCN(Cc1cccc(C(N)=NO)c1)C(=O)OC(C)(C)C. The molecule has 3 N–H and O–H groups in total. The molecule has 152 valence electrons. The molecule has 0 bridgehead atoms. The van der Waals surface area contributed by atoms with Gasteiger partial charge in [0.25, 0.3) is 0 Å². The molecule has 7 nitrogen and oxygen atoms in total. The largest absolute Gasteiger partial charge is 0.444 e. The minimum atomic E-state index is -0.576. The van der Waals surface area contributed by atoms with E-state index in [1.807, 2.05) is 47.6 Å². The Bertz CT molecular complexity index is 645. The van der Waals surface area contributed by atoms with Crippen molar-refractivity contribution in [2.45, 2.75) is 65.7 Å². The topological polar surface area (TPSA) is 97.4 Å². The summed E-state index contributed by atoms with van der Waals surface area (Å²) in [4.78, 5) is 14.2. The molecule has 1 aromatic rings. The number of ether oxygens (including phenoxy) is 2. The summed E-state index contributed by atoms with van der Waals surface area (Å²) < 4.78 is 11.3. The van der Waals surface area contributed by atoms with Crippen LogP contribution in [0.4, 0.5) is 4.79 Å². The summed E-state index contributed by atoms with van der Waals surface area (Å²) in [5, 5.41) is 11.9. The standard InChI is InChI=1S/C20H33N3O4/c1-19(2,3)26-12-8-11-23(18(24)27-20(4,5)6)14-15-9-7-10-16(13-15)17(21)22-25/h7,9-10,13,25H,8,11-12,14H2,1-6H3,(H2,21,22). The normalized spacial score (nSPS) is 12.7. The quantitative estimate of drug-likeness (QED) is 0.247. The fraction of sp³-hybridized carbons (Fsp3) is 0.600. The van der Waals surface area contributed by atoms with Crippen LogP contribution in [0.1, 0.15) is 59.1 Å². The second-order valence-corrected chi connectivity index (χ2v) is 8.40. The van der Waals surface area contributed by atoms with Gasteiger partial charge in [0.05, 0.1) is 5.60 Å². The Morgan fingerprint density at radius 3 is 2.41 bits per heavy atom. The molecular weight excluding hydrogens is 346 g/mol. The van der Waals surface area contributed by atoms with Gasteiger partial charge in [0.2, 0.25) is 0 Å². The molecule has 1 amide bonds. The molecule has 0 atom stereocenters. The van der Waals surface area contributed by atoms with Crippen LogP contribution < -0.4 is 5.73 Å². The highest BCUT2D eigenvalue weighted by molar-refractivity contribution is 5.97. The van der Waals surface area contributed by atoms with Crippen LogP contribution in [0.15, 0.2) is 29.4 Å². The lowest BCUT2D eigenvalue weighted by Gasteiger charge is -2.28. The van der Waals surface area contributed by atoms with Crippen LogP contribution in [0.25, 0.3) is 0 Å².